The predicted octanol–water partition coefficient (Wildman–Crippen LogP) is 2.28. The average molecular weight is 473 g/mol. The second kappa shape index (κ2) is 8.78. The molecule has 2 aliphatic heterocycles. The number of nitrogens with zero attached hydrogens (tertiary/aromatic N) is 4. The van der Waals surface area contributed by atoms with Crippen molar-refractivity contribution in [2.75, 3.05) is 57.4 Å². The van der Waals surface area contributed by atoms with Crippen LogP contribution < -0.4 is 4.90 Å². The fraction of sp³-hybridized carbons (Fsp3) is 0.364. The molecule has 3 aromatic rings. The van der Waals surface area contributed by atoms with Crippen molar-refractivity contribution in [3.63, 3.8) is 0 Å². The van der Waals surface area contributed by atoms with Crippen LogP contribution >= 0.6 is 11.3 Å². The van der Waals surface area contributed by atoms with Gasteiger partial charge < -0.3 is 14.5 Å². The van der Waals surface area contributed by atoms with E-state index in [1.807, 2.05) is 23.1 Å². The van der Waals surface area contributed by atoms with Crippen LogP contribution in [0.5, 0.6) is 0 Å². The van der Waals surface area contributed by atoms with Crippen LogP contribution in [0, 0.1) is 0 Å². The molecule has 2 fully saturated rings. The Balaban J connectivity index is 1.23. The lowest BCUT2D eigenvalue weighted by Gasteiger charge is -2.34. The van der Waals surface area contributed by atoms with E-state index < -0.39 is 10.0 Å². The second-order valence-electron chi connectivity index (χ2n) is 7.78. The van der Waals surface area contributed by atoms with Gasteiger partial charge in [0.25, 0.3) is 5.91 Å². The van der Waals surface area contributed by atoms with Gasteiger partial charge in [-0.15, -0.1) is 0 Å². The molecule has 0 atom stereocenters. The number of sulfonamides is 1. The van der Waals surface area contributed by atoms with Crippen molar-refractivity contribution < 1.29 is 17.9 Å². The second-order valence-corrected chi connectivity index (χ2v) is 10.7. The third-order valence-electron chi connectivity index (χ3n) is 5.83. The van der Waals surface area contributed by atoms with Crippen LogP contribution in [-0.2, 0) is 14.8 Å². The van der Waals surface area contributed by atoms with Gasteiger partial charge >= 0.3 is 0 Å². The van der Waals surface area contributed by atoms with Crippen LogP contribution in [0.4, 0.5) is 5.13 Å². The zero-order valence-corrected chi connectivity index (χ0v) is 19.1. The maximum Gasteiger partial charge on any atom is 0.253 e. The van der Waals surface area contributed by atoms with Gasteiger partial charge in [-0.25, -0.2) is 13.4 Å². The zero-order chi connectivity index (χ0) is 22.1. The lowest BCUT2D eigenvalue weighted by Crippen LogP contribution is -2.48. The van der Waals surface area contributed by atoms with E-state index in [0.717, 1.165) is 28.4 Å². The molecule has 2 aromatic carbocycles. The normalized spacial score (nSPS) is 18.2. The minimum atomic E-state index is -3.56. The Bertz CT molecular complexity index is 1180. The molecule has 3 heterocycles. The van der Waals surface area contributed by atoms with Gasteiger partial charge in [-0.05, 0) is 36.4 Å². The first-order chi connectivity index (χ1) is 15.5. The summed E-state index contributed by atoms with van der Waals surface area (Å²) in [6, 6.07) is 14.3. The number of aromatic nitrogens is 1. The van der Waals surface area contributed by atoms with Crippen molar-refractivity contribution in [1.82, 2.24) is 14.2 Å². The molecule has 168 valence electrons. The number of thiazole rings is 1. The van der Waals surface area contributed by atoms with Crippen LogP contribution in [0.2, 0.25) is 0 Å². The molecule has 1 aromatic heterocycles. The molecule has 5 rings (SSSR count). The van der Waals surface area contributed by atoms with Gasteiger partial charge in [-0.3, -0.25) is 4.79 Å². The maximum atomic E-state index is 13.0. The number of anilines is 1. The van der Waals surface area contributed by atoms with Crippen LogP contribution in [0.15, 0.2) is 53.4 Å². The first-order valence-corrected chi connectivity index (χ1v) is 12.9. The van der Waals surface area contributed by atoms with Crippen molar-refractivity contribution in [3.05, 3.63) is 54.1 Å². The Morgan fingerprint density at radius 2 is 1.59 bits per heavy atom. The van der Waals surface area contributed by atoms with Gasteiger partial charge in [0.1, 0.15) is 0 Å². The molecule has 8 nitrogen and oxygen atoms in total. The molecule has 0 radical (unpaired) electrons. The third kappa shape index (κ3) is 4.11. The quantitative estimate of drug-likeness (QED) is 0.579. The van der Waals surface area contributed by atoms with Crippen LogP contribution in [0.25, 0.3) is 10.2 Å². The molecule has 0 aliphatic carbocycles. The number of morpholine rings is 1. The van der Waals surface area contributed by atoms with Crippen molar-refractivity contribution in [3.8, 4) is 0 Å². The van der Waals surface area contributed by atoms with Crippen LogP contribution in [0.3, 0.4) is 0 Å². The molecule has 0 N–H and O–H groups in total. The van der Waals surface area contributed by atoms with Crippen molar-refractivity contribution >= 4 is 42.6 Å². The summed E-state index contributed by atoms with van der Waals surface area (Å²) in [6.45, 7) is 4.14. The van der Waals surface area contributed by atoms with Gasteiger partial charge in [0.2, 0.25) is 10.0 Å². The van der Waals surface area contributed by atoms with E-state index in [1.165, 1.54) is 16.4 Å². The molecule has 0 unspecified atom stereocenters. The summed E-state index contributed by atoms with van der Waals surface area (Å²) in [6.07, 6.45) is 0. The number of carbonyl (C=O) groups is 1. The summed E-state index contributed by atoms with van der Waals surface area (Å²) in [5.41, 5.74) is 1.50. The van der Waals surface area contributed by atoms with Gasteiger partial charge in [0, 0.05) is 44.8 Å². The first-order valence-electron chi connectivity index (χ1n) is 10.6. The standard InChI is InChI=1S/C22H24N4O4S2/c27-21(17-5-7-18(8-6-17)32(28,29)26-13-15-30-16-14-26)24-9-11-25(12-10-24)22-23-19-3-1-2-4-20(19)31-22/h1-8H,9-16H2. The molecule has 32 heavy (non-hydrogen) atoms. The Hall–Kier alpha value is -2.53. The van der Waals surface area contributed by atoms with Crippen LogP contribution in [0.1, 0.15) is 10.4 Å². The highest BCUT2D eigenvalue weighted by Crippen LogP contribution is 2.29. The Morgan fingerprint density at radius 1 is 0.906 bits per heavy atom. The Morgan fingerprint density at radius 3 is 2.28 bits per heavy atom. The molecule has 0 spiro atoms. The number of ether oxygens (including phenoxy) is 1. The molecule has 2 saturated heterocycles. The van der Waals surface area contributed by atoms with Crippen molar-refractivity contribution in [1.29, 1.82) is 0 Å². The Kier molecular flexibility index (Phi) is 5.85. The summed E-state index contributed by atoms with van der Waals surface area (Å²) in [5, 5.41) is 0.982. The predicted molar refractivity (Wildman–Crippen MR) is 124 cm³/mol. The molecule has 0 bridgehead atoms. The van der Waals surface area contributed by atoms with Gasteiger partial charge in [0.05, 0.1) is 28.3 Å². The summed E-state index contributed by atoms with van der Waals surface area (Å²) >= 11 is 1.67. The zero-order valence-electron chi connectivity index (χ0n) is 17.5. The molecule has 0 saturated carbocycles. The number of piperazine rings is 1. The molecular weight excluding hydrogens is 448 g/mol. The molecule has 1 amide bonds. The SMILES string of the molecule is O=C(c1ccc(S(=O)(=O)N2CCOCC2)cc1)N1CCN(c2nc3ccccc3s2)CC1. The highest BCUT2D eigenvalue weighted by Gasteiger charge is 2.27. The molecule has 2 aliphatic rings. The van der Waals surface area contributed by atoms with Gasteiger partial charge in [0.15, 0.2) is 5.13 Å². The fourth-order valence-corrected chi connectivity index (χ4v) is 6.41. The minimum Gasteiger partial charge on any atom is -0.379 e. The summed E-state index contributed by atoms with van der Waals surface area (Å²) in [5.74, 6) is -0.0794. The van der Waals surface area contributed by atoms with E-state index in [2.05, 4.69) is 11.0 Å². The Labute approximate surface area is 191 Å². The number of carbonyl (C=O) groups excluding carboxylic acids is 1. The van der Waals surface area contributed by atoms with Gasteiger partial charge in [-0.1, -0.05) is 23.5 Å². The summed E-state index contributed by atoms with van der Waals surface area (Å²) in [7, 11) is -3.56. The van der Waals surface area contributed by atoms with E-state index in [0.29, 0.717) is 45.0 Å². The number of amides is 1. The highest BCUT2D eigenvalue weighted by molar-refractivity contribution is 7.89. The number of hydrogen-bond donors (Lipinski definition) is 0. The van der Waals surface area contributed by atoms with E-state index in [9.17, 15) is 13.2 Å². The van der Waals surface area contributed by atoms with Gasteiger partial charge in [-0.2, -0.15) is 4.31 Å². The minimum absolute atomic E-state index is 0.0794. The lowest BCUT2D eigenvalue weighted by atomic mass is 10.2. The van der Waals surface area contributed by atoms with Crippen LogP contribution in [-0.4, -0.2) is 81.0 Å². The number of rotatable bonds is 4. The molecular formula is C22H24N4O4S2. The number of fused-ring (bicyclic) bond motifs is 1. The number of hydrogen-bond acceptors (Lipinski definition) is 7. The highest BCUT2D eigenvalue weighted by atomic mass is 32.2. The first kappa shape index (κ1) is 21.3. The topological polar surface area (TPSA) is 83.0 Å². The fourth-order valence-electron chi connectivity index (χ4n) is 3.98. The van der Waals surface area contributed by atoms with E-state index in [1.54, 1.807) is 23.5 Å². The number of para-hydroxylation sites is 1. The number of benzene rings is 2. The lowest BCUT2D eigenvalue weighted by molar-refractivity contribution is 0.0730. The van der Waals surface area contributed by atoms with E-state index in [-0.39, 0.29) is 10.8 Å². The summed E-state index contributed by atoms with van der Waals surface area (Å²) in [4.78, 5) is 21.9. The van der Waals surface area contributed by atoms with E-state index >= 15 is 0 Å². The van der Waals surface area contributed by atoms with Crippen molar-refractivity contribution in [2.24, 2.45) is 0 Å². The maximum absolute atomic E-state index is 13.0. The largest absolute Gasteiger partial charge is 0.379 e. The molecule has 10 heteroatoms. The smallest absolute Gasteiger partial charge is 0.253 e. The van der Waals surface area contributed by atoms with Crippen molar-refractivity contribution in [2.45, 2.75) is 4.90 Å². The summed E-state index contributed by atoms with van der Waals surface area (Å²) < 4.78 is 33.4. The van der Waals surface area contributed by atoms with E-state index in [4.69, 9.17) is 9.72 Å². The third-order valence-corrected chi connectivity index (χ3v) is 8.84. The monoisotopic (exact) mass is 472 g/mol. The average Bonchev–Trinajstić information content (AvgIpc) is 3.29.